The highest BCUT2D eigenvalue weighted by Gasteiger charge is 2.30. The quantitative estimate of drug-likeness (QED) is 0.451. The molecule has 110 valence electrons. The zero-order valence-corrected chi connectivity index (χ0v) is 13.3. The Balaban J connectivity index is 1.85. The summed E-state index contributed by atoms with van der Waals surface area (Å²) in [6.45, 7) is 4.06. The van der Waals surface area contributed by atoms with Crippen LogP contribution in [0.5, 0.6) is 0 Å². The highest BCUT2D eigenvalue weighted by molar-refractivity contribution is 8.19. The average molecular weight is 327 g/mol. The molecular formula is C17H13NO2S2. The van der Waals surface area contributed by atoms with Crippen LogP contribution in [0, 0.1) is 0 Å². The molecule has 1 aliphatic heterocycles. The van der Waals surface area contributed by atoms with Crippen LogP contribution in [0.3, 0.4) is 0 Å². The molecule has 0 unspecified atom stereocenters. The largest absolute Gasteiger partial charge is 0.457 e. The van der Waals surface area contributed by atoms with E-state index >= 15 is 0 Å². The van der Waals surface area contributed by atoms with E-state index in [2.05, 4.69) is 6.58 Å². The van der Waals surface area contributed by atoms with Crippen LogP contribution < -0.4 is 0 Å². The van der Waals surface area contributed by atoms with Crippen LogP contribution in [0.1, 0.15) is 5.76 Å². The number of rotatable bonds is 4. The van der Waals surface area contributed by atoms with Crippen molar-refractivity contribution in [2.45, 2.75) is 0 Å². The second kappa shape index (κ2) is 6.34. The Morgan fingerprint density at radius 3 is 2.73 bits per heavy atom. The summed E-state index contributed by atoms with van der Waals surface area (Å²) in [4.78, 5) is 14.7. The molecule has 5 heteroatoms. The number of thiocarbonyl (C=S) groups is 1. The van der Waals surface area contributed by atoms with Crippen molar-refractivity contribution in [1.82, 2.24) is 4.90 Å². The molecule has 0 aliphatic carbocycles. The Morgan fingerprint density at radius 1 is 1.23 bits per heavy atom. The van der Waals surface area contributed by atoms with Crippen molar-refractivity contribution < 1.29 is 9.21 Å². The SMILES string of the molecule is C=CCN1C(=O)SC(=Cc2ccc(-c3ccccc3)o2)C1=S. The second-order valence-electron chi connectivity index (χ2n) is 4.65. The topological polar surface area (TPSA) is 33.5 Å². The minimum absolute atomic E-state index is 0.0778. The first-order valence-corrected chi connectivity index (χ1v) is 7.93. The Kier molecular flexibility index (Phi) is 4.27. The molecule has 0 saturated carbocycles. The van der Waals surface area contributed by atoms with Crippen LogP contribution in [-0.2, 0) is 0 Å². The van der Waals surface area contributed by atoms with E-state index in [9.17, 15) is 4.79 Å². The van der Waals surface area contributed by atoms with Gasteiger partial charge < -0.3 is 4.42 Å². The van der Waals surface area contributed by atoms with E-state index in [1.165, 1.54) is 4.90 Å². The molecule has 0 atom stereocenters. The number of furan rings is 1. The lowest BCUT2D eigenvalue weighted by Crippen LogP contribution is -2.26. The number of benzene rings is 1. The van der Waals surface area contributed by atoms with Gasteiger partial charge in [-0.2, -0.15) is 0 Å². The molecule has 1 amide bonds. The first-order chi connectivity index (χ1) is 10.7. The van der Waals surface area contributed by atoms with Gasteiger partial charge in [0.05, 0.1) is 4.91 Å². The molecular weight excluding hydrogens is 314 g/mol. The van der Waals surface area contributed by atoms with Gasteiger partial charge in [0, 0.05) is 12.1 Å². The number of hydrogen-bond donors (Lipinski definition) is 0. The van der Waals surface area contributed by atoms with E-state index in [1.54, 1.807) is 12.2 Å². The number of thioether (sulfide) groups is 1. The Bertz CT molecular complexity index is 762. The second-order valence-corrected chi connectivity index (χ2v) is 6.03. The van der Waals surface area contributed by atoms with Gasteiger partial charge in [0.25, 0.3) is 5.24 Å². The summed E-state index contributed by atoms with van der Waals surface area (Å²) >= 11 is 6.45. The number of carbonyl (C=O) groups excluding carboxylic acids is 1. The molecule has 3 rings (SSSR count). The first-order valence-electron chi connectivity index (χ1n) is 6.70. The number of nitrogens with zero attached hydrogens (tertiary/aromatic N) is 1. The number of amides is 1. The van der Waals surface area contributed by atoms with Crippen molar-refractivity contribution in [1.29, 1.82) is 0 Å². The fraction of sp³-hybridized carbons (Fsp3) is 0.0588. The molecule has 1 aromatic carbocycles. The van der Waals surface area contributed by atoms with E-state index in [0.717, 1.165) is 28.0 Å². The molecule has 22 heavy (non-hydrogen) atoms. The van der Waals surface area contributed by atoms with Crippen molar-refractivity contribution >= 4 is 40.3 Å². The van der Waals surface area contributed by atoms with E-state index in [0.29, 0.717) is 17.3 Å². The number of carbonyl (C=O) groups is 1. The van der Waals surface area contributed by atoms with Gasteiger partial charge in [-0.05, 0) is 30.0 Å². The minimum atomic E-state index is -0.0778. The summed E-state index contributed by atoms with van der Waals surface area (Å²) in [5, 5.41) is -0.0778. The average Bonchev–Trinajstić information content (AvgIpc) is 3.09. The summed E-state index contributed by atoms with van der Waals surface area (Å²) in [7, 11) is 0. The van der Waals surface area contributed by atoms with Gasteiger partial charge in [0.1, 0.15) is 16.5 Å². The third kappa shape index (κ3) is 2.91. The molecule has 2 aromatic rings. The standard InChI is InChI=1S/C17H13NO2S2/c1-2-10-18-16(21)15(22-17(18)19)11-13-8-9-14(20-13)12-6-4-3-5-7-12/h2-9,11H,1,10H2. The summed E-state index contributed by atoms with van der Waals surface area (Å²) in [5.74, 6) is 1.47. The lowest BCUT2D eigenvalue weighted by Gasteiger charge is -2.10. The highest BCUT2D eigenvalue weighted by atomic mass is 32.2. The maximum absolute atomic E-state index is 11.9. The van der Waals surface area contributed by atoms with Crippen molar-refractivity contribution in [2.75, 3.05) is 6.54 Å². The summed E-state index contributed by atoms with van der Waals surface area (Å²) in [6, 6.07) is 13.6. The van der Waals surface area contributed by atoms with Crippen molar-refractivity contribution in [3.63, 3.8) is 0 Å². The lowest BCUT2D eigenvalue weighted by atomic mass is 10.2. The fourth-order valence-electron chi connectivity index (χ4n) is 2.10. The van der Waals surface area contributed by atoms with Gasteiger partial charge in [-0.3, -0.25) is 9.69 Å². The normalized spacial score (nSPS) is 16.5. The van der Waals surface area contributed by atoms with Crippen molar-refractivity contribution in [2.24, 2.45) is 0 Å². The van der Waals surface area contributed by atoms with Crippen molar-refractivity contribution in [3.05, 3.63) is 65.8 Å². The maximum atomic E-state index is 11.9. The van der Waals surface area contributed by atoms with Crippen molar-refractivity contribution in [3.8, 4) is 11.3 Å². The van der Waals surface area contributed by atoms with E-state index in [4.69, 9.17) is 16.6 Å². The van der Waals surface area contributed by atoms with Crippen LogP contribution in [0.25, 0.3) is 17.4 Å². The third-order valence-electron chi connectivity index (χ3n) is 3.14. The van der Waals surface area contributed by atoms with Gasteiger partial charge in [-0.25, -0.2) is 0 Å². The lowest BCUT2D eigenvalue weighted by molar-refractivity contribution is 0.248. The molecule has 2 heterocycles. The van der Waals surface area contributed by atoms with E-state index in [1.807, 2.05) is 42.5 Å². The first kappa shape index (κ1) is 14.8. The smallest absolute Gasteiger partial charge is 0.291 e. The van der Waals surface area contributed by atoms with Gasteiger partial charge in [-0.15, -0.1) is 6.58 Å². The molecule has 0 N–H and O–H groups in total. The molecule has 1 saturated heterocycles. The molecule has 3 nitrogen and oxygen atoms in total. The molecule has 1 fully saturated rings. The van der Waals surface area contributed by atoms with Crippen LogP contribution in [0.2, 0.25) is 0 Å². The Morgan fingerprint density at radius 2 is 2.00 bits per heavy atom. The molecule has 1 aliphatic rings. The van der Waals surface area contributed by atoms with Gasteiger partial charge in [-0.1, -0.05) is 48.6 Å². The zero-order valence-electron chi connectivity index (χ0n) is 11.7. The van der Waals surface area contributed by atoms with Crippen LogP contribution in [0.15, 0.2) is 64.4 Å². The molecule has 0 radical (unpaired) electrons. The summed E-state index contributed by atoms with van der Waals surface area (Å²) in [6.07, 6.45) is 3.47. The zero-order chi connectivity index (χ0) is 15.5. The third-order valence-corrected chi connectivity index (χ3v) is 4.64. The van der Waals surface area contributed by atoms with Crippen LogP contribution >= 0.6 is 24.0 Å². The van der Waals surface area contributed by atoms with Gasteiger partial charge in [0.15, 0.2) is 0 Å². The summed E-state index contributed by atoms with van der Waals surface area (Å²) in [5.41, 5.74) is 1.01. The van der Waals surface area contributed by atoms with Gasteiger partial charge in [0.2, 0.25) is 0 Å². The number of hydrogen-bond acceptors (Lipinski definition) is 4. The monoisotopic (exact) mass is 327 g/mol. The summed E-state index contributed by atoms with van der Waals surface area (Å²) < 4.78 is 5.81. The fourth-order valence-corrected chi connectivity index (χ4v) is 3.34. The predicted octanol–water partition coefficient (Wildman–Crippen LogP) is 4.97. The minimum Gasteiger partial charge on any atom is -0.457 e. The predicted molar refractivity (Wildman–Crippen MR) is 94.6 cm³/mol. The molecule has 1 aromatic heterocycles. The Hall–Kier alpha value is -2.11. The van der Waals surface area contributed by atoms with E-state index in [-0.39, 0.29) is 5.24 Å². The van der Waals surface area contributed by atoms with E-state index < -0.39 is 0 Å². The molecule has 0 spiro atoms. The van der Waals surface area contributed by atoms with Gasteiger partial charge >= 0.3 is 0 Å². The maximum Gasteiger partial charge on any atom is 0.291 e. The highest BCUT2D eigenvalue weighted by Crippen LogP contribution is 2.34. The van der Waals surface area contributed by atoms with Crippen LogP contribution in [0.4, 0.5) is 4.79 Å². The van der Waals surface area contributed by atoms with Crippen LogP contribution in [-0.4, -0.2) is 21.7 Å². The Labute approximate surface area is 138 Å². The molecule has 0 bridgehead atoms.